The summed E-state index contributed by atoms with van der Waals surface area (Å²) >= 11 is 0.848. The lowest BCUT2D eigenvalue weighted by Crippen LogP contribution is -2.46. The van der Waals surface area contributed by atoms with Crippen molar-refractivity contribution in [2.24, 2.45) is 5.41 Å². The van der Waals surface area contributed by atoms with Crippen LogP contribution in [0.3, 0.4) is 0 Å². The average Bonchev–Trinajstić information content (AvgIpc) is 3.69. The lowest BCUT2D eigenvalue weighted by atomic mass is 9.87. The van der Waals surface area contributed by atoms with E-state index in [0.717, 1.165) is 42.8 Å². The molecule has 1 aliphatic rings. The molecule has 0 radical (unpaired) electrons. The van der Waals surface area contributed by atoms with E-state index in [1.807, 2.05) is 0 Å². The number of carbonyl (C=O) groups is 3. The van der Waals surface area contributed by atoms with Gasteiger partial charge in [-0.1, -0.05) is 32.5 Å². The molecule has 28 nitrogen and oxygen atoms in total. The molecule has 33 heteroatoms. The Morgan fingerprint density at radius 1 is 1.00 bits per heavy atom. The van der Waals surface area contributed by atoms with E-state index in [2.05, 4.69) is 48.0 Å². The van der Waals surface area contributed by atoms with Gasteiger partial charge in [0.1, 0.15) is 36.3 Å². The molecule has 0 spiro atoms. The number of nitrogens with two attached hydrogens (primary N) is 1. The van der Waals surface area contributed by atoms with Crippen LogP contribution < -0.4 is 45.7 Å². The Morgan fingerprint density at radius 3 is 2.30 bits per heavy atom. The third-order valence-corrected chi connectivity index (χ3v) is 12.6. The molecule has 1 aliphatic heterocycles. The van der Waals surface area contributed by atoms with Crippen molar-refractivity contribution in [2.45, 2.75) is 83.2 Å². The molecule has 1 saturated heterocycles. The summed E-state index contributed by atoms with van der Waals surface area (Å²) in [5.74, 6) is -1.58. The van der Waals surface area contributed by atoms with Gasteiger partial charge in [0.05, 0.1) is 41.3 Å². The number of anilines is 1. The SMILES string of the molecule is CCC(CCC(=O)SCCNC(=O)CCNC(=O)[C@H](O)C(C)(C)COP(=O)([O-])OP(=O)([O-])OC[C@H]1O[C@@H](n2cnc3c(N)ncnc32)[C@H](O)[C@@H]1OP(=O)([O-])[O-])OP(=O)([O-])[O-]. The van der Waals surface area contributed by atoms with Crippen molar-refractivity contribution in [3.05, 3.63) is 12.7 Å². The number of rotatable bonds is 25. The Balaban J connectivity index is 1.44. The normalized spacial score (nSPS) is 21.9. The number of carbonyl (C=O) groups excluding carboxylic acids is 3. The van der Waals surface area contributed by atoms with Gasteiger partial charge in [-0.2, -0.15) is 0 Å². The summed E-state index contributed by atoms with van der Waals surface area (Å²) in [5, 5.41) is 25.7. The van der Waals surface area contributed by atoms with Crippen molar-refractivity contribution in [3.8, 4) is 0 Å². The highest BCUT2D eigenvalue weighted by atomic mass is 32.2. The number of phosphoric ester groups is 4. The van der Waals surface area contributed by atoms with E-state index < -0.39 is 98.5 Å². The average molecular weight is 956 g/mol. The van der Waals surface area contributed by atoms with Crippen LogP contribution in [0.5, 0.6) is 0 Å². The molecule has 8 atom stereocenters. The predicted octanol–water partition coefficient (Wildman–Crippen LogP) is -4.46. The summed E-state index contributed by atoms with van der Waals surface area (Å²) in [6, 6.07) is 0. The van der Waals surface area contributed by atoms with Crippen LogP contribution in [0.15, 0.2) is 12.7 Å². The fourth-order valence-electron chi connectivity index (χ4n) is 5.14. The Labute approximate surface area is 344 Å². The molecule has 6 N–H and O–H groups in total. The van der Waals surface area contributed by atoms with Crippen LogP contribution in [0, 0.1) is 5.41 Å². The number of aromatic nitrogens is 4. The highest BCUT2D eigenvalue weighted by Gasteiger charge is 2.47. The molecular weight excluding hydrogens is 914 g/mol. The van der Waals surface area contributed by atoms with Crippen LogP contribution >= 0.6 is 43.1 Å². The van der Waals surface area contributed by atoms with Gasteiger partial charge >= 0.3 is 0 Å². The third kappa shape index (κ3) is 16.7. The number of fused-ring (bicyclic) bond motifs is 1. The zero-order valence-electron chi connectivity index (χ0n) is 31.7. The largest absolute Gasteiger partial charge is 0.790 e. The molecule has 0 bridgehead atoms. The van der Waals surface area contributed by atoms with Gasteiger partial charge < -0.3 is 87.9 Å². The maximum absolute atomic E-state index is 12.5. The zero-order chi connectivity index (χ0) is 45.3. The quantitative estimate of drug-likeness (QED) is 0.0463. The smallest absolute Gasteiger partial charge is 0.274 e. The van der Waals surface area contributed by atoms with Gasteiger partial charge in [-0.3, -0.25) is 28.1 Å². The Morgan fingerprint density at radius 2 is 1.67 bits per heavy atom. The summed E-state index contributed by atoms with van der Waals surface area (Å²) < 4.78 is 75.5. The predicted molar refractivity (Wildman–Crippen MR) is 190 cm³/mol. The minimum absolute atomic E-state index is 0.00612. The van der Waals surface area contributed by atoms with Crippen LogP contribution in [0.25, 0.3) is 11.2 Å². The molecule has 1 fully saturated rings. The van der Waals surface area contributed by atoms with Gasteiger partial charge in [0.25, 0.3) is 15.6 Å². The Kier molecular flexibility index (Phi) is 18.9. The van der Waals surface area contributed by atoms with Crippen molar-refractivity contribution >= 4 is 77.0 Å². The second-order valence-electron chi connectivity index (χ2n) is 13.3. The van der Waals surface area contributed by atoms with Crippen molar-refractivity contribution in [1.82, 2.24) is 30.2 Å². The first-order chi connectivity index (χ1) is 27.6. The molecule has 2 amide bonds. The molecule has 60 heavy (non-hydrogen) atoms. The third-order valence-electron chi connectivity index (χ3n) is 8.14. The number of phosphoric acid groups is 4. The van der Waals surface area contributed by atoms with Crippen LogP contribution in [0.2, 0.25) is 0 Å². The molecule has 2 aromatic heterocycles. The van der Waals surface area contributed by atoms with Gasteiger partial charge in [0, 0.05) is 37.1 Å². The van der Waals surface area contributed by atoms with Crippen molar-refractivity contribution in [1.29, 1.82) is 0 Å². The van der Waals surface area contributed by atoms with Crippen LogP contribution in [0.1, 0.15) is 52.7 Å². The lowest BCUT2D eigenvalue weighted by molar-refractivity contribution is -0.348. The maximum atomic E-state index is 12.5. The second kappa shape index (κ2) is 21.8. The summed E-state index contributed by atoms with van der Waals surface area (Å²) in [6.45, 7) is 1.30. The van der Waals surface area contributed by atoms with E-state index in [-0.39, 0.29) is 66.6 Å². The molecule has 0 saturated carbocycles. The molecule has 342 valence electrons. The number of aliphatic hydroxyl groups excluding tert-OH is 2. The van der Waals surface area contributed by atoms with E-state index in [0.29, 0.717) is 0 Å². The molecule has 3 heterocycles. The van der Waals surface area contributed by atoms with E-state index in [1.165, 1.54) is 0 Å². The molecule has 2 aromatic rings. The number of aliphatic hydroxyl groups is 2. The van der Waals surface area contributed by atoms with Crippen molar-refractivity contribution in [3.63, 3.8) is 0 Å². The van der Waals surface area contributed by atoms with Crippen molar-refractivity contribution < 1.29 is 99.4 Å². The van der Waals surface area contributed by atoms with Crippen LogP contribution in [-0.2, 0) is 59.8 Å². The molecular formula is C27H41N7O21P4S-6. The van der Waals surface area contributed by atoms with Gasteiger partial charge in [0.15, 0.2) is 22.8 Å². The van der Waals surface area contributed by atoms with Gasteiger partial charge in [-0.15, -0.1) is 0 Å². The molecule has 3 unspecified atom stereocenters. The Bertz CT molecular complexity index is 2000. The number of thioether (sulfide) groups is 1. The number of imidazole rings is 1. The number of amides is 2. The fourth-order valence-corrected chi connectivity index (χ4v) is 9.19. The van der Waals surface area contributed by atoms with E-state index in [1.54, 1.807) is 6.92 Å². The number of nitrogens with zero attached hydrogens (tertiary/aromatic N) is 4. The van der Waals surface area contributed by atoms with Gasteiger partial charge in [-0.05, 0) is 12.8 Å². The number of ether oxygens (including phenoxy) is 1. The topological polar surface area (TPSA) is 447 Å². The van der Waals surface area contributed by atoms with Crippen LogP contribution in [-0.4, -0.2) is 109 Å². The monoisotopic (exact) mass is 955 g/mol. The fraction of sp³-hybridized carbons (Fsp3) is 0.704. The second-order valence-corrected chi connectivity index (χ2v) is 19.6. The van der Waals surface area contributed by atoms with Crippen molar-refractivity contribution in [2.75, 3.05) is 37.8 Å². The highest BCUT2D eigenvalue weighted by molar-refractivity contribution is 8.13. The van der Waals surface area contributed by atoms with Crippen LogP contribution in [0.4, 0.5) is 5.82 Å². The first kappa shape index (κ1) is 52.0. The van der Waals surface area contributed by atoms with Gasteiger partial charge in [0.2, 0.25) is 11.8 Å². The summed E-state index contributed by atoms with van der Waals surface area (Å²) in [4.78, 5) is 118. The molecule has 0 aliphatic carbocycles. The molecule has 3 rings (SSSR count). The summed E-state index contributed by atoms with van der Waals surface area (Å²) in [7, 11) is -22.9. The summed E-state index contributed by atoms with van der Waals surface area (Å²) in [6.07, 6.45) is -8.67. The number of nitrogen functional groups attached to an aromatic ring is 1. The minimum Gasteiger partial charge on any atom is -0.790 e. The first-order valence-electron chi connectivity index (χ1n) is 17.3. The maximum Gasteiger partial charge on any atom is 0.274 e. The first-order valence-corrected chi connectivity index (χ1v) is 24.1. The number of nitrogens with one attached hydrogen (secondary N) is 2. The number of hydrogen-bond acceptors (Lipinski definition) is 26. The summed E-state index contributed by atoms with van der Waals surface area (Å²) in [5.41, 5.74) is 3.98. The standard InChI is InChI=1S/C27H47N7O21P4S/c1-4-15(53-56(40,41)42)5-6-18(36)60-10-9-29-17(35)7-8-30-25(39)22(38)27(2,3)12-51-59(48,49)55-58(46,47)50-11-16-21(54-57(43,44)45)20(37)26(52-16)34-14-33-19-23(28)31-13-32-24(19)34/h13-16,20-22,26,37-38H,4-12H2,1-3H3,(H,29,35)(H,30,39)(H,46,47)(H,48,49)(H2,28,31,32)(H2,40,41,42)(H2,43,44,45)/p-6/t15?,16-,20-,21-,22+,26-/m1/s1. The lowest BCUT2D eigenvalue weighted by Gasteiger charge is -2.36. The van der Waals surface area contributed by atoms with E-state index in [4.69, 9.17) is 10.5 Å². The van der Waals surface area contributed by atoms with E-state index >= 15 is 0 Å². The highest BCUT2D eigenvalue weighted by Crippen LogP contribution is 2.56. The Hall–Kier alpha value is -2.33. The van der Waals surface area contributed by atoms with E-state index in [9.17, 15) is 72.2 Å². The minimum atomic E-state index is -5.95. The van der Waals surface area contributed by atoms with Gasteiger partial charge in [-0.25, -0.2) is 19.3 Å². The molecule has 0 aromatic carbocycles. The number of hydrogen-bond donors (Lipinski definition) is 5. The zero-order valence-corrected chi connectivity index (χ0v) is 36.1.